The zero-order valence-electron chi connectivity index (χ0n) is 9.49. The molecule has 15 heavy (non-hydrogen) atoms. The first kappa shape index (κ1) is 11.0. The molecule has 0 aromatic rings. The van der Waals surface area contributed by atoms with Crippen molar-refractivity contribution in [2.45, 2.75) is 25.9 Å². The number of hydrogen-bond donors (Lipinski definition) is 0. The quantitative estimate of drug-likeness (QED) is 0.688. The SMILES string of the molecule is CSN1CCC(C)(C)O1.c1cc2cc-2c1. The second-order valence-electron chi connectivity index (χ2n) is 4.42. The fourth-order valence-corrected chi connectivity index (χ4v) is 2.08. The molecule has 0 aromatic heterocycles. The molecule has 1 heterocycles. The van der Waals surface area contributed by atoms with E-state index in [9.17, 15) is 0 Å². The van der Waals surface area contributed by atoms with Crippen LogP contribution < -0.4 is 0 Å². The third kappa shape index (κ3) is 2.97. The van der Waals surface area contributed by atoms with E-state index in [0.717, 1.165) is 13.0 Å². The maximum Gasteiger partial charge on any atom is 0.0868 e. The van der Waals surface area contributed by atoms with E-state index >= 15 is 0 Å². The van der Waals surface area contributed by atoms with Crippen LogP contribution in [-0.4, -0.2) is 22.9 Å². The molecule has 0 N–H and O–H groups in total. The van der Waals surface area contributed by atoms with Crippen molar-refractivity contribution in [3.8, 4) is 11.1 Å². The van der Waals surface area contributed by atoms with Crippen molar-refractivity contribution >= 4 is 11.9 Å². The first-order chi connectivity index (χ1) is 7.11. The molecule has 1 aliphatic heterocycles. The van der Waals surface area contributed by atoms with Crippen LogP contribution in [0.4, 0.5) is 0 Å². The summed E-state index contributed by atoms with van der Waals surface area (Å²) in [6.07, 6.45) is 3.16. The summed E-state index contributed by atoms with van der Waals surface area (Å²) in [6, 6.07) is 8.48. The molecular weight excluding hydrogens is 206 g/mol. The fraction of sp³-hybridized carbons (Fsp3) is 0.500. The molecule has 2 aliphatic carbocycles. The van der Waals surface area contributed by atoms with E-state index in [-0.39, 0.29) is 5.60 Å². The van der Waals surface area contributed by atoms with Crippen LogP contribution in [-0.2, 0) is 4.84 Å². The average molecular weight is 223 g/mol. The van der Waals surface area contributed by atoms with Gasteiger partial charge < -0.3 is 0 Å². The van der Waals surface area contributed by atoms with Gasteiger partial charge in [0.25, 0.3) is 0 Å². The number of hydrogen-bond acceptors (Lipinski definition) is 3. The van der Waals surface area contributed by atoms with E-state index in [1.54, 1.807) is 11.9 Å². The van der Waals surface area contributed by atoms with Crippen LogP contribution in [0.2, 0.25) is 0 Å². The molecule has 3 aliphatic rings. The van der Waals surface area contributed by atoms with Gasteiger partial charge in [0.05, 0.1) is 5.60 Å². The smallest absolute Gasteiger partial charge is 0.0868 e. The van der Waals surface area contributed by atoms with Gasteiger partial charge in [0.1, 0.15) is 0 Å². The normalized spacial score (nSPS) is 20.7. The lowest BCUT2D eigenvalue weighted by molar-refractivity contribution is -0.112. The number of fused-ring (bicyclic) bond motifs is 1. The summed E-state index contributed by atoms with van der Waals surface area (Å²) in [6.45, 7) is 5.28. The zero-order chi connectivity index (χ0) is 10.9. The molecule has 0 aromatic carbocycles. The van der Waals surface area contributed by atoms with Crippen LogP contribution in [0.3, 0.4) is 0 Å². The Balaban J connectivity index is 0.000000121. The zero-order valence-corrected chi connectivity index (χ0v) is 10.3. The van der Waals surface area contributed by atoms with Crippen molar-refractivity contribution in [3.05, 3.63) is 24.3 Å². The Morgan fingerprint density at radius 3 is 2.20 bits per heavy atom. The fourth-order valence-electron chi connectivity index (χ4n) is 1.53. The van der Waals surface area contributed by atoms with Crippen LogP contribution >= 0.6 is 11.9 Å². The summed E-state index contributed by atoms with van der Waals surface area (Å²) in [7, 11) is 0. The molecule has 0 unspecified atom stereocenters. The lowest BCUT2D eigenvalue weighted by atomic mass is 10.1. The van der Waals surface area contributed by atoms with Gasteiger partial charge in [0.15, 0.2) is 0 Å². The molecule has 3 heteroatoms. The largest absolute Gasteiger partial charge is 0.282 e. The van der Waals surface area contributed by atoms with E-state index in [1.807, 2.05) is 10.7 Å². The van der Waals surface area contributed by atoms with Crippen molar-refractivity contribution in [2.75, 3.05) is 12.8 Å². The number of nitrogens with zero attached hydrogens (tertiary/aromatic N) is 1. The molecule has 2 nitrogen and oxygen atoms in total. The summed E-state index contributed by atoms with van der Waals surface area (Å²) in [5.74, 6) is 0. The van der Waals surface area contributed by atoms with Gasteiger partial charge in [0, 0.05) is 6.54 Å². The molecule has 0 spiro atoms. The van der Waals surface area contributed by atoms with Gasteiger partial charge in [-0.1, -0.05) is 30.1 Å². The van der Waals surface area contributed by atoms with Gasteiger partial charge >= 0.3 is 0 Å². The first-order valence-electron chi connectivity index (χ1n) is 5.22. The minimum atomic E-state index is 0.0724. The van der Waals surface area contributed by atoms with Crippen molar-refractivity contribution in [2.24, 2.45) is 0 Å². The molecule has 1 fully saturated rings. The van der Waals surface area contributed by atoms with Crippen LogP contribution in [0.25, 0.3) is 11.1 Å². The predicted octanol–water partition coefficient (Wildman–Crippen LogP) is 3.35. The number of benzene rings is 1. The Hall–Kier alpha value is -0.510. The van der Waals surface area contributed by atoms with E-state index in [4.69, 9.17) is 4.84 Å². The van der Waals surface area contributed by atoms with E-state index in [0.29, 0.717) is 0 Å². The molecule has 3 rings (SSSR count). The highest BCUT2D eigenvalue weighted by atomic mass is 32.2. The standard InChI is InChI=1S/C6H13NOS.C6H4/c1-6(2)4-5-7(8-6)9-3;1-2-5-4-6(5)3-1/h4-5H2,1-3H3;1-4H. The highest BCUT2D eigenvalue weighted by molar-refractivity contribution is 7.96. The maximum absolute atomic E-state index is 5.49. The van der Waals surface area contributed by atoms with E-state index in [2.05, 4.69) is 38.1 Å². The Morgan fingerprint density at radius 1 is 1.33 bits per heavy atom. The molecule has 0 amide bonds. The molecule has 1 saturated heterocycles. The van der Waals surface area contributed by atoms with Crippen molar-refractivity contribution < 1.29 is 4.84 Å². The second-order valence-corrected chi connectivity index (χ2v) is 5.19. The molecule has 0 bridgehead atoms. The molecule has 82 valence electrons. The second kappa shape index (κ2) is 4.16. The van der Waals surface area contributed by atoms with E-state index in [1.165, 1.54) is 11.1 Å². The Labute approximate surface area is 95.7 Å². The first-order valence-corrected chi connectivity index (χ1v) is 6.40. The highest BCUT2D eigenvalue weighted by Gasteiger charge is 2.29. The third-order valence-electron chi connectivity index (χ3n) is 2.56. The van der Waals surface area contributed by atoms with Crippen molar-refractivity contribution in [1.82, 2.24) is 4.47 Å². The van der Waals surface area contributed by atoms with Gasteiger partial charge in [-0.15, -0.1) is 4.47 Å². The topological polar surface area (TPSA) is 12.5 Å². The summed E-state index contributed by atoms with van der Waals surface area (Å²) in [4.78, 5) is 5.49. The lowest BCUT2D eigenvalue weighted by Gasteiger charge is -2.17. The van der Waals surface area contributed by atoms with Crippen LogP contribution in [0, 0.1) is 0 Å². The molecule has 0 radical (unpaired) electrons. The van der Waals surface area contributed by atoms with Crippen LogP contribution in [0.15, 0.2) is 24.3 Å². The monoisotopic (exact) mass is 223 g/mol. The Kier molecular flexibility index (Phi) is 3.05. The predicted molar refractivity (Wildman–Crippen MR) is 65.4 cm³/mol. The average Bonchev–Trinajstić information content (AvgIpc) is 2.65. The maximum atomic E-state index is 5.49. The summed E-state index contributed by atoms with van der Waals surface area (Å²) in [5.41, 5.74) is 2.92. The van der Waals surface area contributed by atoms with Gasteiger partial charge in [-0.2, -0.15) is 0 Å². The lowest BCUT2D eigenvalue weighted by Crippen LogP contribution is -2.19. The van der Waals surface area contributed by atoms with Crippen LogP contribution in [0.5, 0.6) is 0 Å². The summed E-state index contributed by atoms with van der Waals surface area (Å²) >= 11 is 1.65. The van der Waals surface area contributed by atoms with E-state index < -0.39 is 0 Å². The van der Waals surface area contributed by atoms with Crippen molar-refractivity contribution in [1.29, 1.82) is 0 Å². The van der Waals surface area contributed by atoms with Gasteiger partial charge in [-0.05, 0) is 43.7 Å². The third-order valence-corrected chi connectivity index (χ3v) is 3.23. The molecular formula is C12H17NOS. The molecule has 0 atom stereocenters. The van der Waals surface area contributed by atoms with Crippen LogP contribution in [0.1, 0.15) is 20.3 Å². The van der Waals surface area contributed by atoms with Crippen molar-refractivity contribution in [3.63, 3.8) is 0 Å². The minimum Gasteiger partial charge on any atom is -0.282 e. The van der Waals surface area contributed by atoms with Gasteiger partial charge in [-0.25, -0.2) is 0 Å². The Morgan fingerprint density at radius 2 is 2.00 bits per heavy atom. The molecule has 0 saturated carbocycles. The minimum absolute atomic E-state index is 0.0724. The highest BCUT2D eigenvalue weighted by Crippen LogP contribution is 2.32. The van der Waals surface area contributed by atoms with Gasteiger partial charge in [-0.3, -0.25) is 4.84 Å². The van der Waals surface area contributed by atoms with Gasteiger partial charge in [0.2, 0.25) is 0 Å². The Bertz CT molecular complexity index is 334. The summed E-state index contributed by atoms with van der Waals surface area (Å²) in [5, 5.41) is 0. The number of hydroxylamine groups is 1. The number of rotatable bonds is 1. The summed E-state index contributed by atoms with van der Waals surface area (Å²) < 4.78 is 1.93.